The lowest BCUT2D eigenvalue weighted by atomic mass is 9.80. The van der Waals surface area contributed by atoms with Gasteiger partial charge in [0.05, 0.1) is 0 Å². The molecule has 10 aromatic carbocycles. The molecule has 0 saturated heterocycles. The molecular weight excluding hydrogens is 793 g/mol. The average molecular weight is 845 g/mol. The summed E-state index contributed by atoms with van der Waals surface area (Å²) in [5.74, 6) is 0.709. The maximum Gasteiger partial charge on any atom is 0.0159 e. The minimum absolute atomic E-state index is 0.0967. The largest absolute Gasteiger partial charge is 0.0836 e. The van der Waals surface area contributed by atoms with Crippen LogP contribution in [0.15, 0.2) is 231 Å². The fraction of sp³-hybridized carbons (Fsp3) is 0.121. The highest BCUT2D eigenvalue weighted by Gasteiger charge is 2.36. The van der Waals surface area contributed by atoms with E-state index < -0.39 is 0 Å². The summed E-state index contributed by atoms with van der Waals surface area (Å²) in [6.07, 6.45) is 12.0. The van der Waals surface area contributed by atoms with Gasteiger partial charge in [-0.3, -0.25) is 0 Å². The van der Waals surface area contributed by atoms with Gasteiger partial charge in [0.15, 0.2) is 0 Å². The van der Waals surface area contributed by atoms with Crippen LogP contribution in [0.25, 0.3) is 76.8 Å². The summed E-state index contributed by atoms with van der Waals surface area (Å²) < 4.78 is 0. The van der Waals surface area contributed by atoms with Crippen LogP contribution >= 0.6 is 0 Å². The van der Waals surface area contributed by atoms with Gasteiger partial charge in [-0.05, 0) is 142 Å². The van der Waals surface area contributed by atoms with E-state index in [1.807, 2.05) is 0 Å². The third-order valence-corrected chi connectivity index (χ3v) is 14.9. The van der Waals surface area contributed by atoms with Gasteiger partial charge in [0.1, 0.15) is 0 Å². The first-order valence-corrected chi connectivity index (χ1v) is 23.8. The third-order valence-electron chi connectivity index (χ3n) is 14.9. The maximum absolute atomic E-state index is 2.52. The SMILES string of the molecule is CC1(C)c2cc(CCC(c3ccc(-c4ccccc4)cc3)c3ccc(-c4ccc5c6ccccc6c6ccccc6c5c4)cc3)ccc2-c2ccc(-c3ccc(C4C=CC=CC4)cc3)cc21. The summed E-state index contributed by atoms with van der Waals surface area (Å²) in [6.45, 7) is 4.83. The van der Waals surface area contributed by atoms with Gasteiger partial charge >= 0.3 is 0 Å². The Kier molecular flexibility index (Phi) is 9.98. The lowest BCUT2D eigenvalue weighted by molar-refractivity contribution is 0.657. The summed E-state index contributed by atoms with van der Waals surface area (Å²) in [4.78, 5) is 0. The first-order valence-electron chi connectivity index (χ1n) is 23.8. The molecule has 10 aromatic rings. The van der Waals surface area contributed by atoms with E-state index in [0.717, 1.165) is 19.3 Å². The Hall–Kier alpha value is -7.54. The lowest BCUT2D eigenvalue weighted by Gasteiger charge is -2.23. The molecule has 2 unspecified atom stereocenters. The van der Waals surface area contributed by atoms with E-state index >= 15 is 0 Å². The van der Waals surface area contributed by atoms with Gasteiger partial charge in [0.25, 0.3) is 0 Å². The number of allylic oxidation sites excluding steroid dienone is 4. The van der Waals surface area contributed by atoms with Gasteiger partial charge in [-0.2, -0.15) is 0 Å². The second-order valence-electron chi connectivity index (χ2n) is 19.1. The molecule has 0 aromatic heterocycles. The summed E-state index contributed by atoms with van der Waals surface area (Å²) in [7, 11) is 0. The molecule has 2 aliphatic rings. The first-order chi connectivity index (χ1) is 32.5. The second-order valence-corrected chi connectivity index (χ2v) is 19.1. The molecule has 316 valence electrons. The van der Waals surface area contributed by atoms with E-state index in [-0.39, 0.29) is 11.3 Å². The van der Waals surface area contributed by atoms with Gasteiger partial charge in [-0.25, -0.2) is 0 Å². The van der Waals surface area contributed by atoms with Crippen molar-refractivity contribution in [2.24, 2.45) is 0 Å². The number of hydrogen-bond acceptors (Lipinski definition) is 0. The van der Waals surface area contributed by atoms with Crippen molar-refractivity contribution in [2.75, 3.05) is 0 Å². The average Bonchev–Trinajstić information content (AvgIpc) is 3.61. The quantitative estimate of drug-likeness (QED) is 0.127. The van der Waals surface area contributed by atoms with Crippen molar-refractivity contribution < 1.29 is 0 Å². The fourth-order valence-electron chi connectivity index (χ4n) is 11.2. The van der Waals surface area contributed by atoms with Crippen LogP contribution in [0.4, 0.5) is 0 Å². The van der Waals surface area contributed by atoms with Gasteiger partial charge in [0.2, 0.25) is 0 Å². The van der Waals surface area contributed by atoms with E-state index in [4.69, 9.17) is 0 Å². The van der Waals surface area contributed by atoms with E-state index in [2.05, 4.69) is 244 Å². The smallest absolute Gasteiger partial charge is 0.0159 e. The summed E-state index contributed by atoms with van der Waals surface area (Å²) >= 11 is 0. The zero-order valence-corrected chi connectivity index (χ0v) is 37.7. The Labute approximate surface area is 389 Å². The van der Waals surface area contributed by atoms with Crippen LogP contribution in [-0.2, 0) is 11.8 Å². The van der Waals surface area contributed by atoms with Gasteiger partial charge in [-0.15, -0.1) is 0 Å². The van der Waals surface area contributed by atoms with Gasteiger partial charge in [0, 0.05) is 17.3 Å². The van der Waals surface area contributed by atoms with Crippen LogP contribution in [0, 0.1) is 0 Å². The molecule has 66 heavy (non-hydrogen) atoms. The zero-order valence-electron chi connectivity index (χ0n) is 37.7. The fourth-order valence-corrected chi connectivity index (χ4v) is 11.2. The molecular formula is C66H52. The minimum atomic E-state index is -0.0967. The molecule has 2 aliphatic carbocycles. The lowest BCUT2D eigenvalue weighted by Crippen LogP contribution is -2.15. The van der Waals surface area contributed by atoms with Crippen LogP contribution in [0.2, 0.25) is 0 Å². The molecule has 0 heterocycles. The van der Waals surface area contributed by atoms with Gasteiger partial charge < -0.3 is 0 Å². The van der Waals surface area contributed by atoms with Crippen LogP contribution in [-0.4, -0.2) is 0 Å². The highest BCUT2D eigenvalue weighted by Crippen LogP contribution is 2.50. The van der Waals surface area contributed by atoms with Crippen molar-refractivity contribution in [3.05, 3.63) is 264 Å². The zero-order chi connectivity index (χ0) is 44.2. The Bertz CT molecular complexity index is 3460. The molecule has 0 saturated carbocycles. The summed E-state index contributed by atoms with van der Waals surface area (Å²) in [6, 6.07) is 77.9. The molecule has 0 spiro atoms. The van der Waals surface area contributed by atoms with Gasteiger partial charge in [-0.1, -0.05) is 232 Å². The number of fused-ring (bicyclic) bond motifs is 9. The van der Waals surface area contributed by atoms with Crippen molar-refractivity contribution in [2.45, 2.75) is 50.4 Å². The van der Waals surface area contributed by atoms with E-state index in [9.17, 15) is 0 Å². The first kappa shape index (κ1) is 40.0. The van der Waals surface area contributed by atoms with E-state index in [1.54, 1.807) is 0 Å². The van der Waals surface area contributed by atoms with Crippen molar-refractivity contribution in [3.8, 4) is 44.5 Å². The van der Waals surface area contributed by atoms with Crippen molar-refractivity contribution in [3.63, 3.8) is 0 Å². The third kappa shape index (κ3) is 7.09. The molecule has 0 nitrogen and oxygen atoms in total. The number of aryl methyl sites for hydroxylation is 1. The second kappa shape index (κ2) is 16.5. The van der Waals surface area contributed by atoms with E-state index in [0.29, 0.717) is 5.92 Å². The van der Waals surface area contributed by atoms with Crippen LogP contribution in [0.1, 0.15) is 71.9 Å². The number of hydrogen-bond donors (Lipinski definition) is 0. The summed E-state index contributed by atoms with van der Waals surface area (Å²) in [5.41, 5.74) is 18.5. The van der Waals surface area contributed by atoms with E-state index in [1.165, 1.54) is 110 Å². The molecule has 0 fully saturated rings. The topological polar surface area (TPSA) is 0 Å². The van der Waals surface area contributed by atoms with Crippen molar-refractivity contribution >= 4 is 32.3 Å². The molecule has 2 atom stereocenters. The molecule has 0 N–H and O–H groups in total. The molecule has 0 amide bonds. The minimum Gasteiger partial charge on any atom is -0.0836 e. The monoisotopic (exact) mass is 844 g/mol. The molecule has 12 rings (SSSR count). The molecule has 0 heteroatoms. The Morgan fingerprint density at radius 2 is 0.909 bits per heavy atom. The Morgan fingerprint density at radius 1 is 0.424 bits per heavy atom. The standard InChI is InChI=1S/C66H52/c1-66(2)64-41-44(22-38-61(64)62-40-36-54(43-65(62)66)50-25-23-47(24-26-50)45-13-5-3-6-14-45)21-37-55(51-31-27-48(28-32-51)46-15-7-4-8-16-46)52-33-29-49(30-34-52)53-35-39-60-58-19-10-9-17-56(58)57-18-11-12-20-59(57)63(60)42-53/h3-13,15-20,22-36,38-43,45,55H,14,21,37H2,1-2H3. The number of benzene rings is 10. The molecule has 0 radical (unpaired) electrons. The number of rotatable bonds is 9. The summed E-state index contributed by atoms with van der Waals surface area (Å²) in [5, 5.41) is 7.84. The maximum atomic E-state index is 2.52. The predicted octanol–water partition coefficient (Wildman–Crippen LogP) is 17.8. The molecule has 0 bridgehead atoms. The highest BCUT2D eigenvalue weighted by molar-refractivity contribution is 6.25. The van der Waals surface area contributed by atoms with Crippen molar-refractivity contribution in [1.82, 2.24) is 0 Å². The normalized spacial score (nSPS) is 15.3. The highest BCUT2D eigenvalue weighted by atomic mass is 14.4. The van der Waals surface area contributed by atoms with Crippen LogP contribution in [0.3, 0.4) is 0 Å². The Balaban J connectivity index is 0.841. The van der Waals surface area contributed by atoms with Crippen molar-refractivity contribution in [1.29, 1.82) is 0 Å². The molecule has 0 aliphatic heterocycles. The predicted molar refractivity (Wildman–Crippen MR) is 282 cm³/mol. The Morgan fingerprint density at radius 3 is 1.53 bits per heavy atom. The van der Waals surface area contributed by atoms with Crippen LogP contribution in [0.5, 0.6) is 0 Å². The van der Waals surface area contributed by atoms with Crippen LogP contribution < -0.4 is 0 Å².